The Labute approximate surface area is 197 Å². The number of rotatable bonds is 8. The average Bonchev–Trinajstić information content (AvgIpc) is 2.83. The number of benzene rings is 3. The van der Waals surface area contributed by atoms with Crippen molar-refractivity contribution in [3.63, 3.8) is 0 Å². The minimum Gasteiger partial charge on any atom is -0.494 e. The van der Waals surface area contributed by atoms with E-state index in [1.807, 2.05) is 25.1 Å². The van der Waals surface area contributed by atoms with Crippen LogP contribution in [0.2, 0.25) is 5.02 Å². The van der Waals surface area contributed by atoms with Crippen molar-refractivity contribution in [2.45, 2.75) is 13.5 Å². The lowest BCUT2D eigenvalue weighted by Crippen LogP contribution is -2.13. The summed E-state index contributed by atoms with van der Waals surface area (Å²) in [6.45, 7) is 2.62. The number of nitrogens with zero attached hydrogens (tertiary/aromatic N) is 2. The van der Waals surface area contributed by atoms with Gasteiger partial charge in [0, 0.05) is 11.3 Å². The van der Waals surface area contributed by atoms with Gasteiger partial charge in [0.2, 0.25) is 0 Å². The molecule has 0 saturated carbocycles. The summed E-state index contributed by atoms with van der Waals surface area (Å²) in [6, 6.07) is 23.0. The van der Waals surface area contributed by atoms with E-state index in [4.69, 9.17) is 21.1 Å². The smallest absolute Gasteiger partial charge is 0.266 e. The molecular formula is C26H20ClN3O3. The molecule has 0 aliphatic heterocycles. The minimum atomic E-state index is -0.536. The van der Waals surface area contributed by atoms with Crippen LogP contribution in [0.15, 0.2) is 72.3 Å². The second-order valence-electron chi connectivity index (χ2n) is 6.83. The van der Waals surface area contributed by atoms with Crippen LogP contribution in [-0.4, -0.2) is 12.5 Å². The van der Waals surface area contributed by atoms with E-state index in [-0.39, 0.29) is 12.2 Å². The second-order valence-corrected chi connectivity index (χ2v) is 7.24. The molecular weight excluding hydrogens is 438 g/mol. The SMILES string of the molecule is CCOc1ccc(NC(=O)/C(C#N)=C/c2ccc(OCc3ccccc3C#N)c(Cl)c2)cc1. The summed E-state index contributed by atoms with van der Waals surface area (Å²) < 4.78 is 11.1. The molecule has 1 N–H and O–H groups in total. The van der Waals surface area contributed by atoms with Crippen molar-refractivity contribution in [3.05, 3.63) is 94.0 Å². The number of nitrogens with one attached hydrogen (secondary N) is 1. The Hall–Kier alpha value is -4.26. The third kappa shape index (κ3) is 6.36. The van der Waals surface area contributed by atoms with Gasteiger partial charge < -0.3 is 14.8 Å². The molecule has 6 nitrogen and oxygen atoms in total. The molecule has 164 valence electrons. The number of amides is 1. The van der Waals surface area contributed by atoms with Gasteiger partial charge in [-0.3, -0.25) is 4.79 Å². The van der Waals surface area contributed by atoms with Crippen LogP contribution in [0.5, 0.6) is 11.5 Å². The molecule has 3 aromatic carbocycles. The largest absolute Gasteiger partial charge is 0.494 e. The van der Waals surface area contributed by atoms with E-state index in [1.54, 1.807) is 54.6 Å². The van der Waals surface area contributed by atoms with Crippen LogP contribution >= 0.6 is 11.6 Å². The highest BCUT2D eigenvalue weighted by Crippen LogP contribution is 2.28. The average molecular weight is 458 g/mol. The fourth-order valence-corrected chi connectivity index (χ4v) is 3.19. The third-order valence-electron chi connectivity index (χ3n) is 4.58. The number of hydrogen-bond acceptors (Lipinski definition) is 5. The molecule has 0 fully saturated rings. The van der Waals surface area contributed by atoms with Gasteiger partial charge in [-0.15, -0.1) is 0 Å². The van der Waals surface area contributed by atoms with Gasteiger partial charge in [0.15, 0.2) is 0 Å². The molecule has 33 heavy (non-hydrogen) atoms. The molecule has 0 bridgehead atoms. The zero-order chi connectivity index (χ0) is 23.6. The first-order valence-electron chi connectivity index (χ1n) is 10.1. The Morgan fingerprint density at radius 2 is 1.82 bits per heavy atom. The quantitative estimate of drug-likeness (QED) is 0.344. The summed E-state index contributed by atoms with van der Waals surface area (Å²) in [5.41, 5.74) is 2.33. The second kappa shape index (κ2) is 11.4. The van der Waals surface area contributed by atoms with Gasteiger partial charge in [-0.05, 0) is 61.0 Å². The van der Waals surface area contributed by atoms with Crippen molar-refractivity contribution in [2.75, 3.05) is 11.9 Å². The highest BCUT2D eigenvalue weighted by Gasteiger charge is 2.11. The van der Waals surface area contributed by atoms with Crippen molar-refractivity contribution in [1.29, 1.82) is 10.5 Å². The Kier molecular flexibility index (Phi) is 8.07. The summed E-state index contributed by atoms with van der Waals surface area (Å²) in [7, 11) is 0. The van der Waals surface area contributed by atoms with E-state index in [9.17, 15) is 15.3 Å². The van der Waals surface area contributed by atoms with Crippen LogP contribution in [0.4, 0.5) is 5.69 Å². The molecule has 0 spiro atoms. The van der Waals surface area contributed by atoms with Gasteiger partial charge in [0.1, 0.15) is 29.7 Å². The first-order chi connectivity index (χ1) is 16.0. The molecule has 0 unspecified atom stereocenters. The lowest BCUT2D eigenvalue weighted by Gasteiger charge is -2.10. The number of hydrogen-bond donors (Lipinski definition) is 1. The van der Waals surface area contributed by atoms with Gasteiger partial charge in [-0.25, -0.2) is 0 Å². The van der Waals surface area contributed by atoms with Crippen LogP contribution in [0.1, 0.15) is 23.6 Å². The number of carbonyl (C=O) groups is 1. The summed E-state index contributed by atoms with van der Waals surface area (Å²) in [4.78, 5) is 12.5. The Morgan fingerprint density at radius 3 is 2.48 bits per heavy atom. The topological polar surface area (TPSA) is 95.1 Å². The van der Waals surface area contributed by atoms with E-state index >= 15 is 0 Å². The van der Waals surface area contributed by atoms with Gasteiger partial charge >= 0.3 is 0 Å². The van der Waals surface area contributed by atoms with Gasteiger partial charge in [-0.2, -0.15) is 10.5 Å². The van der Waals surface area contributed by atoms with E-state index in [2.05, 4.69) is 11.4 Å². The van der Waals surface area contributed by atoms with Crippen LogP contribution in [0.3, 0.4) is 0 Å². The van der Waals surface area contributed by atoms with Crippen LogP contribution in [0.25, 0.3) is 6.08 Å². The number of nitriles is 2. The van der Waals surface area contributed by atoms with Crippen LogP contribution < -0.4 is 14.8 Å². The maximum Gasteiger partial charge on any atom is 0.266 e. The molecule has 0 aliphatic carbocycles. The van der Waals surface area contributed by atoms with E-state index in [0.29, 0.717) is 39.9 Å². The number of ether oxygens (including phenoxy) is 2. The number of carbonyl (C=O) groups excluding carboxylic acids is 1. The van der Waals surface area contributed by atoms with E-state index in [0.717, 1.165) is 5.56 Å². The molecule has 0 saturated heterocycles. The normalized spacial score (nSPS) is 10.6. The van der Waals surface area contributed by atoms with Crippen molar-refractivity contribution >= 4 is 29.3 Å². The van der Waals surface area contributed by atoms with Crippen molar-refractivity contribution in [3.8, 4) is 23.6 Å². The van der Waals surface area contributed by atoms with Crippen molar-refractivity contribution in [2.24, 2.45) is 0 Å². The molecule has 7 heteroatoms. The molecule has 3 rings (SSSR count). The molecule has 0 atom stereocenters. The van der Waals surface area contributed by atoms with Crippen molar-refractivity contribution in [1.82, 2.24) is 0 Å². The first kappa shape index (κ1) is 23.4. The predicted molar refractivity (Wildman–Crippen MR) is 127 cm³/mol. The molecule has 3 aromatic rings. The van der Waals surface area contributed by atoms with Crippen LogP contribution in [0, 0.1) is 22.7 Å². The summed E-state index contributed by atoms with van der Waals surface area (Å²) >= 11 is 6.33. The van der Waals surface area contributed by atoms with Crippen molar-refractivity contribution < 1.29 is 14.3 Å². The highest BCUT2D eigenvalue weighted by atomic mass is 35.5. The summed E-state index contributed by atoms with van der Waals surface area (Å²) in [5.74, 6) is 0.588. The van der Waals surface area contributed by atoms with Gasteiger partial charge in [0.05, 0.1) is 23.3 Å². The molecule has 0 aliphatic rings. The first-order valence-corrected chi connectivity index (χ1v) is 10.5. The molecule has 0 radical (unpaired) electrons. The van der Waals surface area contributed by atoms with Crippen LogP contribution in [-0.2, 0) is 11.4 Å². The minimum absolute atomic E-state index is 0.0726. The Balaban J connectivity index is 1.69. The molecule has 1 amide bonds. The Bertz CT molecular complexity index is 1260. The standard InChI is InChI=1S/C26H20ClN3O3/c1-2-32-23-10-8-22(9-11-23)30-26(31)21(16-29)13-18-7-12-25(24(27)14-18)33-17-20-6-4-3-5-19(20)15-28/h3-14H,2,17H2,1H3,(H,30,31)/b21-13+. The molecule has 0 heterocycles. The summed E-state index contributed by atoms with van der Waals surface area (Å²) in [6.07, 6.45) is 1.45. The lowest BCUT2D eigenvalue weighted by atomic mass is 10.1. The Morgan fingerprint density at radius 1 is 1.06 bits per heavy atom. The number of anilines is 1. The maximum atomic E-state index is 12.5. The zero-order valence-electron chi connectivity index (χ0n) is 17.8. The van der Waals surface area contributed by atoms with Gasteiger partial charge in [-0.1, -0.05) is 35.9 Å². The van der Waals surface area contributed by atoms with Gasteiger partial charge in [0.25, 0.3) is 5.91 Å². The van der Waals surface area contributed by atoms with E-state index in [1.165, 1.54) is 6.08 Å². The highest BCUT2D eigenvalue weighted by molar-refractivity contribution is 6.32. The molecule has 0 aromatic heterocycles. The summed E-state index contributed by atoms with van der Waals surface area (Å²) in [5, 5.41) is 21.6. The monoisotopic (exact) mass is 457 g/mol. The number of halogens is 1. The van der Waals surface area contributed by atoms with E-state index < -0.39 is 5.91 Å². The lowest BCUT2D eigenvalue weighted by molar-refractivity contribution is -0.112. The fourth-order valence-electron chi connectivity index (χ4n) is 2.95. The fraction of sp³-hybridized carbons (Fsp3) is 0.115. The third-order valence-corrected chi connectivity index (χ3v) is 4.87. The zero-order valence-corrected chi connectivity index (χ0v) is 18.6. The predicted octanol–water partition coefficient (Wildman–Crippen LogP) is 5.74. The maximum absolute atomic E-state index is 12.5.